The molecule has 1 amide bonds. The van der Waals surface area contributed by atoms with Gasteiger partial charge >= 0.3 is 0 Å². The molecule has 1 aromatic heterocycles. The number of rotatable bonds is 2. The maximum atomic E-state index is 12.4. The monoisotopic (exact) mass is 364 g/mol. The molecule has 1 aliphatic rings. The third kappa shape index (κ3) is 3.11. The van der Waals surface area contributed by atoms with Crippen LogP contribution in [-0.4, -0.2) is 10.9 Å². The van der Waals surface area contributed by atoms with Gasteiger partial charge in [-0.25, -0.2) is 4.98 Å². The summed E-state index contributed by atoms with van der Waals surface area (Å²) in [5.41, 5.74) is 3.83. The Balaban J connectivity index is 1.90. The quantitative estimate of drug-likeness (QED) is 0.788. The number of nitrogens with zero attached hydrogens (tertiary/aromatic N) is 1. The summed E-state index contributed by atoms with van der Waals surface area (Å²) in [7, 11) is 0. The second-order valence-corrected chi connectivity index (χ2v) is 6.37. The van der Waals surface area contributed by atoms with E-state index in [0.29, 0.717) is 5.56 Å². The largest absolute Gasteiger partial charge is 0.322 e. The number of carbonyl (C=O) groups is 1. The average molecular weight is 366 g/mol. The van der Waals surface area contributed by atoms with E-state index in [1.807, 2.05) is 12.1 Å². The van der Waals surface area contributed by atoms with Crippen molar-refractivity contribution in [2.75, 3.05) is 5.32 Å². The average Bonchev–Trinajstić information content (AvgIpc) is 2.50. The van der Waals surface area contributed by atoms with E-state index < -0.39 is 0 Å². The molecule has 0 spiro atoms. The minimum absolute atomic E-state index is 0.209. The number of carbonyl (C=O) groups excluding carboxylic acids is 1. The van der Waals surface area contributed by atoms with Gasteiger partial charge in [0.2, 0.25) is 0 Å². The second kappa shape index (κ2) is 6.16. The van der Waals surface area contributed by atoms with Crippen LogP contribution in [0.25, 0.3) is 0 Å². The molecule has 1 N–H and O–H groups in total. The summed E-state index contributed by atoms with van der Waals surface area (Å²) >= 11 is 9.32. The highest BCUT2D eigenvalue weighted by atomic mass is 79.9. The number of amides is 1. The number of hydrogen-bond donors (Lipinski definition) is 1. The zero-order valence-electron chi connectivity index (χ0n) is 11.3. The fraction of sp³-hybridized carbons (Fsp3) is 0.250. The molecule has 0 aliphatic heterocycles. The van der Waals surface area contributed by atoms with E-state index in [1.165, 1.54) is 24.0 Å². The number of halogens is 2. The summed E-state index contributed by atoms with van der Waals surface area (Å²) in [6.45, 7) is 0. The van der Waals surface area contributed by atoms with Crippen molar-refractivity contribution in [2.45, 2.75) is 25.7 Å². The molecule has 21 heavy (non-hydrogen) atoms. The lowest BCUT2D eigenvalue weighted by Gasteiger charge is -2.19. The van der Waals surface area contributed by atoms with Crippen molar-refractivity contribution < 1.29 is 4.79 Å². The van der Waals surface area contributed by atoms with Gasteiger partial charge in [-0.3, -0.25) is 4.79 Å². The highest BCUT2D eigenvalue weighted by Crippen LogP contribution is 2.28. The number of hydrogen-bond acceptors (Lipinski definition) is 2. The Morgan fingerprint density at radius 1 is 1.29 bits per heavy atom. The third-order valence-corrected chi connectivity index (χ3v) is 4.43. The maximum absolute atomic E-state index is 12.4. The topological polar surface area (TPSA) is 42.0 Å². The van der Waals surface area contributed by atoms with Crippen LogP contribution in [0.5, 0.6) is 0 Å². The molecule has 0 saturated carbocycles. The number of nitrogens with one attached hydrogen (secondary N) is 1. The summed E-state index contributed by atoms with van der Waals surface area (Å²) < 4.78 is 0.729. The fourth-order valence-corrected chi connectivity index (χ4v) is 3.19. The van der Waals surface area contributed by atoms with Gasteiger partial charge in [-0.15, -0.1) is 0 Å². The zero-order valence-corrected chi connectivity index (χ0v) is 13.7. The molecule has 0 unspecified atom stereocenters. The molecule has 0 radical (unpaired) electrons. The van der Waals surface area contributed by atoms with E-state index in [0.717, 1.165) is 23.0 Å². The highest BCUT2D eigenvalue weighted by Gasteiger charge is 2.17. The molecular formula is C16H14BrClN2O. The van der Waals surface area contributed by atoms with Crippen LogP contribution >= 0.6 is 27.5 Å². The summed E-state index contributed by atoms with van der Waals surface area (Å²) in [6, 6.07) is 7.75. The van der Waals surface area contributed by atoms with Crippen LogP contribution in [0, 0.1) is 0 Å². The second-order valence-electron chi connectivity index (χ2n) is 5.10. The van der Waals surface area contributed by atoms with Crippen LogP contribution in [-0.2, 0) is 12.8 Å². The number of aryl methyl sites for hydroxylation is 1. The standard InChI is InChI=1S/C16H14BrClN2O/c17-11-8-13(15(18)19-9-11)16(21)20-14-7-3-5-10-4-1-2-6-12(10)14/h3,5,7-9H,1-2,4,6H2,(H,20,21). The summed E-state index contributed by atoms with van der Waals surface area (Å²) in [6.07, 6.45) is 6.04. The summed E-state index contributed by atoms with van der Waals surface area (Å²) in [4.78, 5) is 16.4. The highest BCUT2D eigenvalue weighted by molar-refractivity contribution is 9.10. The predicted molar refractivity (Wildman–Crippen MR) is 88.0 cm³/mol. The zero-order chi connectivity index (χ0) is 14.8. The van der Waals surface area contributed by atoms with Crippen molar-refractivity contribution in [1.29, 1.82) is 0 Å². The van der Waals surface area contributed by atoms with Gasteiger partial charge in [0.1, 0.15) is 5.15 Å². The van der Waals surface area contributed by atoms with Crippen LogP contribution in [0.3, 0.4) is 0 Å². The van der Waals surface area contributed by atoms with Crippen LogP contribution < -0.4 is 5.32 Å². The van der Waals surface area contributed by atoms with Crippen molar-refractivity contribution >= 4 is 39.1 Å². The molecule has 0 atom stereocenters. The molecule has 0 saturated heterocycles. The minimum atomic E-state index is -0.229. The van der Waals surface area contributed by atoms with Gasteiger partial charge in [-0.05, 0) is 64.9 Å². The van der Waals surface area contributed by atoms with E-state index >= 15 is 0 Å². The Hall–Kier alpha value is -1.39. The van der Waals surface area contributed by atoms with E-state index in [2.05, 4.69) is 32.3 Å². The number of fused-ring (bicyclic) bond motifs is 1. The van der Waals surface area contributed by atoms with Crippen LogP contribution in [0.1, 0.15) is 34.3 Å². The Bertz CT molecular complexity index is 703. The molecule has 2 aromatic rings. The Morgan fingerprint density at radius 2 is 2.10 bits per heavy atom. The van der Waals surface area contributed by atoms with E-state index in [4.69, 9.17) is 11.6 Å². The number of benzene rings is 1. The van der Waals surface area contributed by atoms with Gasteiger partial charge in [-0.1, -0.05) is 23.7 Å². The molecule has 0 fully saturated rings. The van der Waals surface area contributed by atoms with Gasteiger partial charge in [0.15, 0.2) is 0 Å². The first kappa shape index (κ1) is 14.5. The lowest BCUT2D eigenvalue weighted by atomic mass is 9.90. The van der Waals surface area contributed by atoms with Crippen molar-refractivity contribution in [1.82, 2.24) is 4.98 Å². The van der Waals surface area contributed by atoms with E-state index in [-0.39, 0.29) is 11.1 Å². The first-order valence-electron chi connectivity index (χ1n) is 6.88. The van der Waals surface area contributed by atoms with Crippen molar-refractivity contribution in [3.8, 4) is 0 Å². The van der Waals surface area contributed by atoms with Crippen LogP contribution in [0.2, 0.25) is 5.15 Å². The van der Waals surface area contributed by atoms with Gasteiger partial charge in [0.05, 0.1) is 5.56 Å². The lowest BCUT2D eigenvalue weighted by molar-refractivity contribution is 0.102. The number of anilines is 1. The molecule has 108 valence electrons. The third-order valence-electron chi connectivity index (χ3n) is 3.69. The molecule has 3 rings (SSSR count). The SMILES string of the molecule is O=C(Nc1cccc2c1CCCC2)c1cc(Br)cnc1Cl. The Kier molecular flexibility index (Phi) is 4.27. The van der Waals surface area contributed by atoms with E-state index in [9.17, 15) is 4.79 Å². The van der Waals surface area contributed by atoms with E-state index in [1.54, 1.807) is 12.3 Å². The minimum Gasteiger partial charge on any atom is -0.322 e. The van der Waals surface area contributed by atoms with Crippen LogP contribution in [0.15, 0.2) is 34.9 Å². The van der Waals surface area contributed by atoms with Gasteiger partial charge in [-0.2, -0.15) is 0 Å². The predicted octanol–water partition coefficient (Wildman–Crippen LogP) is 4.63. The summed E-state index contributed by atoms with van der Waals surface area (Å²) in [5, 5.41) is 3.18. The molecule has 3 nitrogen and oxygen atoms in total. The maximum Gasteiger partial charge on any atom is 0.258 e. The van der Waals surface area contributed by atoms with Crippen LogP contribution in [0.4, 0.5) is 5.69 Å². The van der Waals surface area contributed by atoms with Crippen molar-refractivity contribution in [3.05, 3.63) is 56.8 Å². The first-order chi connectivity index (χ1) is 10.1. The lowest BCUT2D eigenvalue weighted by Crippen LogP contribution is -2.16. The number of pyridine rings is 1. The normalized spacial score (nSPS) is 13.6. The summed E-state index contributed by atoms with van der Waals surface area (Å²) in [5.74, 6) is -0.229. The van der Waals surface area contributed by atoms with Gasteiger partial charge < -0.3 is 5.32 Å². The molecule has 0 bridgehead atoms. The Labute approximate surface area is 136 Å². The fourth-order valence-electron chi connectivity index (χ4n) is 2.67. The smallest absolute Gasteiger partial charge is 0.258 e. The molecule has 1 heterocycles. The van der Waals surface area contributed by atoms with Crippen molar-refractivity contribution in [2.24, 2.45) is 0 Å². The Morgan fingerprint density at radius 3 is 2.95 bits per heavy atom. The molecule has 1 aliphatic carbocycles. The molecule has 1 aromatic carbocycles. The first-order valence-corrected chi connectivity index (χ1v) is 8.05. The number of aromatic nitrogens is 1. The van der Waals surface area contributed by atoms with Gasteiger partial charge in [0, 0.05) is 16.4 Å². The molecular weight excluding hydrogens is 352 g/mol. The van der Waals surface area contributed by atoms with Crippen molar-refractivity contribution in [3.63, 3.8) is 0 Å². The van der Waals surface area contributed by atoms with Gasteiger partial charge in [0.25, 0.3) is 5.91 Å². The molecule has 5 heteroatoms.